The standard InChI is InChI=1S/C8H17NO3S/c1-3-4-8(12)9(2)13-6-7(11)5-10/h7,10-11H,3-6H2,1-2H3. The van der Waals surface area contributed by atoms with E-state index in [1.165, 1.54) is 16.3 Å². The molecular weight excluding hydrogens is 190 g/mol. The summed E-state index contributed by atoms with van der Waals surface area (Å²) in [5.41, 5.74) is 0. The van der Waals surface area contributed by atoms with E-state index in [2.05, 4.69) is 0 Å². The van der Waals surface area contributed by atoms with Gasteiger partial charge in [0.15, 0.2) is 0 Å². The van der Waals surface area contributed by atoms with E-state index >= 15 is 0 Å². The predicted octanol–water partition coefficient (Wildman–Crippen LogP) is 0.246. The van der Waals surface area contributed by atoms with Crippen LogP contribution in [-0.2, 0) is 4.79 Å². The quantitative estimate of drug-likeness (QED) is 0.613. The van der Waals surface area contributed by atoms with Gasteiger partial charge >= 0.3 is 0 Å². The van der Waals surface area contributed by atoms with Gasteiger partial charge in [-0.25, -0.2) is 0 Å². The second-order valence-electron chi connectivity index (χ2n) is 2.77. The van der Waals surface area contributed by atoms with Crippen molar-refractivity contribution in [1.82, 2.24) is 4.31 Å². The van der Waals surface area contributed by atoms with E-state index in [0.29, 0.717) is 12.2 Å². The molecule has 0 aliphatic carbocycles. The van der Waals surface area contributed by atoms with Crippen molar-refractivity contribution < 1.29 is 15.0 Å². The summed E-state index contributed by atoms with van der Waals surface area (Å²) in [4.78, 5) is 11.2. The van der Waals surface area contributed by atoms with Crippen molar-refractivity contribution in [2.24, 2.45) is 0 Å². The van der Waals surface area contributed by atoms with Gasteiger partial charge in [0.25, 0.3) is 0 Å². The Labute approximate surface area is 83.1 Å². The van der Waals surface area contributed by atoms with Crippen molar-refractivity contribution >= 4 is 17.9 Å². The third-order valence-electron chi connectivity index (χ3n) is 1.49. The average Bonchev–Trinajstić information content (AvgIpc) is 2.13. The molecule has 5 heteroatoms. The van der Waals surface area contributed by atoms with Gasteiger partial charge in [-0.3, -0.25) is 9.10 Å². The average molecular weight is 207 g/mol. The maximum Gasteiger partial charge on any atom is 0.232 e. The molecule has 0 heterocycles. The highest BCUT2D eigenvalue weighted by Gasteiger charge is 2.10. The fourth-order valence-corrected chi connectivity index (χ4v) is 1.43. The molecule has 78 valence electrons. The van der Waals surface area contributed by atoms with Crippen LogP contribution in [0.1, 0.15) is 19.8 Å². The number of hydrogen-bond donors (Lipinski definition) is 2. The smallest absolute Gasteiger partial charge is 0.232 e. The lowest BCUT2D eigenvalue weighted by atomic mass is 10.3. The fraction of sp³-hybridized carbons (Fsp3) is 0.875. The first-order chi connectivity index (χ1) is 6.11. The van der Waals surface area contributed by atoms with E-state index in [1.54, 1.807) is 7.05 Å². The third kappa shape index (κ3) is 5.90. The Morgan fingerprint density at radius 1 is 1.62 bits per heavy atom. The number of aliphatic hydroxyl groups is 2. The van der Waals surface area contributed by atoms with Crippen molar-refractivity contribution in [3.05, 3.63) is 0 Å². The van der Waals surface area contributed by atoms with Crippen LogP contribution in [0.4, 0.5) is 0 Å². The first kappa shape index (κ1) is 12.7. The number of hydrogen-bond acceptors (Lipinski definition) is 4. The van der Waals surface area contributed by atoms with Crippen LogP contribution in [0.2, 0.25) is 0 Å². The molecular formula is C8H17NO3S. The number of rotatable bonds is 6. The summed E-state index contributed by atoms with van der Waals surface area (Å²) >= 11 is 1.23. The number of aliphatic hydroxyl groups excluding tert-OH is 2. The molecule has 0 aromatic heterocycles. The molecule has 4 nitrogen and oxygen atoms in total. The van der Waals surface area contributed by atoms with Crippen molar-refractivity contribution in [1.29, 1.82) is 0 Å². The zero-order chi connectivity index (χ0) is 10.3. The van der Waals surface area contributed by atoms with E-state index in [4.69, 9.17) is 10.2 Å². The number of carbonyl (C=O) groups excluding carboxylic acids is 1. The maximum absolute atomic E-state index is 11.2. The molecule has 0 saturated carbocycles. The Hall–Kier alpha value is -0.260. The Morgan fingerprint density at radius 2 is 2.23 bits per heavy atom. The number of nitrogens with zero attached hydrogens (tertiary/aromatic N) is 1. The normalized spacial score (nSPS) is 12.6. The number of carbonyl (C=O) groups is 1. The van der Waals surface area contributed by atoms with E-state index in [-0.39, 0.29) is 12.5 Å². The Morgan fingerprint density at radius 3 is 2.69 bits per heavy atom. The van der Waals surface area contributed by atoms with Gasteiger partial charge < -0.3 is 10.2 Å². The van der Waals surface area contributed by atoms with Crippen LogP contribution in [0.5, 0.6) is 0 Å². The highest BCUT2D eigenvalue weighted by Crippen LogP contribution is 2.10. The van der Waals surface area contributed by atoms with Crippen LogP contribution in [-0.4, -0.2) is 45.9 Å². The summed E-state index contributed by atoms with van der Waals surface area (Å²) in [5.74, 6) is 0.403. The van der Waals surface area contributed by atoms with E-state index in [1.807, 2.05) is 6.92 Å². The summed E-state index contributed by atoms with van der Waals surface area (Å²) in [6.07, 6.45) is 0.604. The number of amides is 1. The van der Waals surface area contributed by atoms with E-state index in [9.17, 15) is 4.79 Å². The summed E-state index contributed by atoms with van der Waals surface area (Å²) < 4.78 is 1.50. The molecule has 0 aromatic carbocycles. The molecule has 0 aliphatic rings. The SMILES string of the molecule is CCCC(=O)N(C)SCC(O)CO. The van der Waals surface area contributed by atoms with Crippen LogP contribution in [0.3, 0.4) is 0 Å². The minimum absolute atomic E-state index is 0.0534. The molecule has 1 amide bonds. The molecule has 0 saturated heterocycles. The third-order valence-corrected chi connectivity index (χ3v) is 2.61. The first-order valence-electron chi connectivity index (χ1n) is 4.30. The lowest BCUT2D eigenvalue weighted by Gasteiger charge is -2.16. The Kier molecular flexibility index (Phi) is 7.03. The molecule has 13 heavy (non-hydrogen) atoms. The summed E-state index contributed by atoms with van der Waals surface area (Å²) in [5, 5.41) is 17.5. The van der Waals surface area contributed by atoms with E-state index in [0.717, 1.165) is 6.42 Å². The van der Waals surface area contributed by atoms with Crippen LogP contribution >= 0.6 is 11.9 Å². The summed E-state index contributed by atoms with van der Waals surface area (Å²) in [6, 6.07) is 0. The van der Waals surface area contributed by atoms with Gasteiger partial charge in [0.2, 0.25) is 5.91 Å². The van der Waals surface area contributed by atoms with Gasteiger partial charge in [-0.1, -0.05) is 6.92 Å². The minimum atomic E-state index is -0.748. The molecule has 0 bridgehead atoms. The Bertz CT molecular complexity index is 154. The van der Waals surface area contributed by atoms with Gasteiger partial charge in [0.05, 0.1) is 12.7 Å². The first-order valence-corrected chi connectivity index (χ1v) is 5.24. The second kappa shape index (κ2) is 7.17. The molecule has 0 rings (SSSR count). The lowest BCUT2D eigenvalue weighted by molar-refractivity contribution is -0.125. The predicted molar refractivity (Wildman–Crippen MR) is 53.2 cm³/mol. The van der Waals surface area contributed by atoms with Gasteiger partial charge in [0.1, 0.15) is 0 Å². The summed E-state index contributed by atoms with van der Waals surface area (Å²) in [7, 11) is 1.67. The van der Waals surface area contributed by atoms with Crippen molar-refractivity contribution in [3.8, 4) is 0 Å². The van der Waals surface area contributed by atoms with Gasteiger partial charge in [0, 0.05) is 19.2 Å². The fourth-order valence-electron chi connectivity index (χ4n) is 0.694. The lowest BCUT2D eigenvalue weighted by Crippen LogP contribution is -2.23. The van der Waals surface area contributed by atoms with Crippen LogP contribution in [0.15, 0.2) is 0 Å². The highest BCUT2D eigenvalue weighted by atomic mass is 32.2. The topological polar surface area (TPSA) is 60.8 Å². The molecule has 0 fully saturated rings. The monoisotopic (exact) mass is 207 g/mol. The Balaban J connectivity index is 3.60. The molecule has 0 spiro atoms. The zero-order valence-electron chi connectivity index (χ0n) is 8.06. The van der Waals surface area contributed by atoms with Crippen molar-refractivity contribution in [2.75, 3.05) is 19.4 Å². The molecule has 1 atom stereocenters. The zero-order valence-corrected chi connectivity index (χ0v) is 8.88. The van der Waals surface area contributed by atoms with Crippen molar-refractivity contribution in [2.45, 2.75) is 25.9 Å². The highest BCUT2D eigenvalue weighted by molar-refractivity contribution is 7.97. The second-order valence-corrected chi connectivity index (χ2v) is 3.91. The minimum Gasteiger partial charge on any atom is -0.394 e. The molecule has 2 N–H and O–H groups in total. The van der Waals surface area contributed by atoms with Crippen LogP contribution in [0, 0.1) is 0 Å². The molecule has 0 aliphatic heterocycles. The van der Waals surface area contributed by atoms with Gasteiger partial charge in [-0.15, -0.1) is 0 Å². The molecule has 0 aromatic rings. The van der Waals surface area contributed by atoms with Gasteiger partial charge in [-0.2, -0.15) is 0 Å². The summed E-state index contributed by atoms with van der Waals surface area (Å²) in [6.45, 7) is 1.68. The molecule has 1 unspecified atom stereocenters. The van der Waals surface area contributed by atoms with Crippen LogP contribution < -0.4 is 0 Å². The largest absolute Gasteiger partial charge is 0.394 e. The van der Waals surface area contributed by atoms with Crippen molar-refractivity contribution in [3.63, 3.8) is 0 Å². The molecule has 0 radical (unpaired) electrons. The van der Waals surface area contributed by atoms with Crippen LogP contribution in [0.25, 0.3) is 0 Å². The maximum atomic E-state index is 11.2. The van der Waals surface area contributed by atoms with E-state index < -0.39 is 6.10 Å². The van der Waals surface area contributed by atoms with Gasteiger partial charge in [-0.05, 0) is 18.4 Å².